The minimum atomic E-state index is 0.00112. The van der Waals surface area contributed by atoms with E-state index in [2.05, 4.69) is 28.7 Å². The lowest BCUT2D eigenvalue weighted by Gasteiger charge is -2.38. The van der Waals surface area contributed by atoms with E-state index in [1.54, 1.807) is 0 Å². The number of hydrogen-bond donors (Lipinski definition) is 0. The second kappa shape index (κ2) is 6.63. The van der Waals surface area contributed by atoms with Crippen molar-refractivity contribution in [3.05, 3.63) is 0 Å². The molecule has 0 spiro atoms. The van der Waals surface area contributed by atoms with E-state index in [-0.39, 0.29) is 6.04 Å². The number of likely N-dealkylation sites (tertiary alicyclic amines) is 2. The minimum absolute atomic E-state index is 0.00112. The van der Waals surface area contributed by atoms with Gasteiger partial charge >= 0.3 is 0 Å². The molecule has 1 amide bonds. The third-order valence-corrected chi connectivity index (χ3v) is 5.55. The average molecular weight is 295 g/mol. The van der Waals surface area contributed by atoms with Gasteiger partial charge in [-0.25, -0.2) is 0 Å². The van der Waals surface area contributed by atoms with Gasteiger partial charge < -0.3 is 14.5 Å². The van der Waals surface area contributed by atoms with Crippen molar-refractivity contribution in [1.29, 1.82) is 0 Å². The van der Waals surface area contributed by atoms with Crippen molar-refractivity contribution in [3.63, 3.8) is 0 Å². The molecule has 3 aliphatic rings. The van der Waals surface area contributed by atoms with Crippen molar-refractivity contribution in [3.8, 4) is 0 Å². The Morgan fingerprint density at radius 1 is 1.05 bits per heavy atom. The predicted octanol–water partition coefficient (Wildman–Crippen LogP) is 0.792. The molecule has 0 aromatic heterocycles. The molecule has 0 saturated carbocycles. The monoisotopic (exact) mass is 295 g/mol. The largest absolute Gasteiger partial charge is 0.379 e. The van der Waals surface area contributed by atoms with E-state index in [1.165, 1.54) is 25.8 Å². The van der Waals surface area contributed by atoms with Gasteiger partial charge in [0.1, 0.15) is 0 Å². The number of carbonyl (C=O) groups is 1. The lowest BCUT2D eigenvalue weighted by molar-refractivity contribution is -0.139. The summed E-state index contributed by atoms with van der Waals surface area (Å²) in [5.74, 6) is 0.333. The first-order valence-electron chi connectivity index (χ1n) is 8.51. The van der Waals surface area contributed by atoms with Crippen LogP contribution in [-0.4, -0.2) is 85.2 Å². The van der Waals surface area contributed by atoms with Crippen LogP contribution in [0.5, 0.6) is 0 Å². The number of carbonyl (C=O) groups excluding carboxylic acids is 1. The number of hydrogen-bond acceptors (Lipinski definition) is 4. The van der Waals surface area contributed by atoms with Crippen molar-refractivity contribution >= 4 is 5.91 Å². The molecule has 0 aromatic rings. The molecule has 0 aliphatic carbocycles. The van der Waals surface area contributed by atoms with E-state index >= 15 is 0 Å². The molecule has 0 unspecified atom stereocenters. The molecule has 3 saturated heterocycles. The Labute approximate surface area is 128 Å². The van der Waals surface area contributed by atoms with Gasteiger partial charge in [-0.2, -0.15) is 0 Å². The first-order valence-corrected chi connectivity index (χ1v) is 8.51. The normalized spacial score (nSPS) is 33.5. The number of rotatable bonds is 3. The zero-order chi connectivity index (χ0) is 14.8. The lowest BCUT2D eigenvalue weighted by Crippen LogP contribution is -2.54. The molecule has 3 rings (SSSR count). The van der Waals surface area contributed by atoms with Crippen LogP contribution in [0.1, 0.15) is 32.6 Å². The fraction of sp³-hybridized carbons (Fsp3) is 0.938. The molecular weight excluding hydrogens is 266 g/mol. The van der Waals surface area contributed by atoms with Crippen LogP contribution < -0.4 is 0 Å². The van der Waals surface area contributed by atoms with Crippen LogP contribution in [-0.2, 0) is 9.53 Å². The predicted molar refractivity (Wildman–Crippen MR) is 82.2 cm³/mol. The van der Waals surface area contributed by atoms with E-state index in [4.69, 9.17) is 4.74 Å². The van der Waals surface area contributed by atoms with E-state index in [1.807, 2.05) is 0 Å². The maximum absolute atomic E-state index is 12.9. The SMILES string of the molecule is C[C@H](C(=O)N1CCC[C@H]1[C@@H]1CCCN1C)N1CCOCC1. The van der Waals surface area contributed by atoms with Crippen molar-refractivity contribution < 1.29 is 9.53 Å². The molecular formula is C16H29N3O2. The Balaban J connectivity index is 1.64. The van der Waals surface area contributed by atoms with Gasteiger partial charge in [-0.3, -0.25) is 9.69 Å². The van der Waals surface area contributed by atoms with E-state index < -0.39 is 0 Å². The van der Waals surface area contributed by atoms with Crippen LogP contribution in [0.4, 0.5) is 0 Å². The van der Waals surface area contributed by atoms with E-state index in [9.17, 15) is 4.79 Å². The Kier molecular flexibility index (Phi) is 4.82. The molecule has 3 aliphatic heterocycles. The number of ether oxygens (including phenoxy) is 1. The topological polar surface area (TPSA) is 36.0 Å². The maximum Gasteiger partial charge on any atom is 0.239 e. The number of amides is 1. The summed E-state index contributed by atoms with van der Waals surface area (Å²) >= 11 is 0. The highest BCUT2D eigenvalue weighted by Crippen LogP contribution is 2.29. The first-order chi connectivity index (χ1) is 10.2. The fourth-order valence-corrected chi connectivity index (χ4v) is 4.25. The molecule has 0 N–H and O–H groups in total. The van der Waals surface area contributed by atoms with Crippen LogP contribution in [0.2, 0.25) is 0 Å². The summed E-state index contributed by atoms with van der Waals surface area (Å²) in [5, 5.41) is 0. The second-order valence-electron chi connectivity index (χ2n) is 6.76. The summed E-state index contributed by atoms with van der Waals surface area (Å²) in [6, 6.07) is 1.02. The van der Waals surface area contributed by atoms with Crippen molar-refractivity contribution in [2.75, 3.05) is 46.4 Å². The van der Waals surface area contributed by atoms with Gasteiger partial charge in [0.25, 0.3) is 0 Å². The summed E-state index contributed by atoms with van der Waals surface area (Å²) in [7, 11) is 2.21. The molecule has 120 valence electrons. The standard InChI is InChI=1S/C16H29N3O2/c1-13(18-9-11-21-12-10-18)16(20)19-8-4-6-15(19)14-5-3-7-17(14)2/h13-15H,3-12H2,1-2H3/t13-,14+,15+/m1/s1. The third kappa shape index (κ3) is 3.10. The molecule has 3 fully saturated rings. The van der Waals surface area contributed by atoms with Crippen LogP contribution >= 0.6 is 0 Å². The Hall–Kier alpha value is -0.650. The third-order valence-electron chi connectivity index (χ3n) is 5.55. The van der Waals surface area contributed by atoms with Crippen molar-refractivity contribution in [2.45, 2.75) is 50.7 Å². The highest BCUT2D eigenvalue weighted by Gasteiger charge is 2.40. The fourth-order valence-electron chi connectivity index (χ4n) is 4.25. The highest BCUT2D eigenvalue weighted by atomic mass is 16.5. The zero-order valence-corrected chi connectivity index (χ0v) is 13.5. The van der Waals surface area contributed by atoms with Crippen molar-refractivity contribution in [1.82, 2.24) is 14.7 Å². The second-order valence-corrected chi connectivity index (χ2v) is 6.76. The van der Waals surface area contributed by atoms with Gasteiger partial charge in [0.2, 0.25) is 5.91 Å². The van der Waals surface area contributed by atoms with Crippen LogP contribution in [0.25, 0.3) is 0 Å². The number of nitrogens with zero attached hydrogens (tertiary/aromatic N) is 3. The highest BCUT2D eigenvalue weighted by molar-refractivity contribution is 5.82. The summed E-state index contributed by atoms with van der Waals surface area (Å²) in [5.41, 5.74) is 0. The van der Waals surface area contributed by atoms with Crippen LogP contribution in [0.3, 0.4) is 0 Å². The van der Waals surface area contributed by atoms with E-state index in [0.717, 1.165) is 39.3 Å². The molecule has 0 bridgehead atoms. The summed E-state index contributed by atoms with van der Waals surface area (Å²) < 4.78 is 5.40. The summed E-state index contributed by atoms with van der Waals surface area (Å²) in [4.78, 5) is 19.9. The lowest BCUT2D eigenvalue weighted by atomic mass is 10.0. The average Bonchev–Trinajstić information content (AvgIpc) is 3.14. The first kappa shape index (κ1) is 15.3. The Morgan fingerprint density at radius 2 is 1.71 bits per heavy atom. The quantitative estimate of drug-likeness (QED) is 0.771. The van der Waals surface area contributed by atoms with Gasteiger partial charge in [-0.1, -0.05) is 0 Å². The van der Waals surface area contributed by atoms with Gasteiger partial charge in [0.15, 0.2) is 0 Å². The van der Waals surface area contributed by atoms with Crippen molar-refractivity contribution in [2.24, 2.45) is 0 Å². The smallest absolute Gasteiger partial charge is 0.239 e. The Morgan fingerprint density at radius 3 is 2.38 bits per heavy atom. The minimum Gasteiger partial charge on any atom is -0.379 e. The zero-order valence-electron chi connectivity index (χ0n) is 13.5. The molecule has 21 heavy (non-hydrogen) atoms. The number of morpholine rings is 1. The molecule has 5 nitrogen and oxygen atoms in total. The Bertz CT molecular complexity index is 371. The molecule has 5 heteroatoms. The maximum atomic E-state index is 12.9. The van der Waals surface area contributed by atoms with Gasteiger partial charge in [0.05, 0.1) is 19.3 Å². The van der Waals surface area contributed by atoms with Gasteiger partial charge in [0, 0.05) is 31.7 Å². The van der Waals surface area contributed by atoms with Crippen LogP contribution in [0, 0.1) is 0 Å². The summed E-state index contributed by atoms with van der Waals surface area (Å²) in [6.07, 6.45) is 4.86. The van der Waals surface area contributed by atoms with Gasteiger partial charge in [-0.05, 0) is 46.2 Å². The molecule has 3 heterocycles. The number of likely N-dealkylation sites (N-methyl/N-ethyl adjacent to an activating group) is 1. The van der Waals surface area contributed by atoms with Crippen LogP contribution in [0.15, 0.2) is 0 Å². The van der Waals surface area contributed by atoms with E-state index in [0.29, 0.717) is 18.0 Å². The summed E-state index contributed by atoms with van der Waals surface area (Å²) in [6.45, 7) is 7.48. The van der Waals surface area contributed by atoms with Gasteiger partial charge in [-0.15, -0.1) is 0 Å². The molecule has 0 aromatic carbocycles. The molecule has 0 radical (unpaired) electrons. The molecule has 3 atom stereocenters.